The lowest BCUT2D eigenvalue weighted by Crippen LogP contribution is -2.41. The van der Waals surface area contributed by atoms with E-state index in [4.69, 9.17) is 9.47 Å². The Labute approximate surface area is 234 Å². The summed E-state index contributed by atoms with van der Waals surface area (Å²) in [5, 5.41) is 13.9. The van der Waals surface area contributed by atoms with Gasteiger partial charge in [0.25, 0.3) is 5.91 Å². The summed E-state index contributed by atoms with van der Waals surface area (Å²) in [6.07, 6.45) is 0.812. The molecule has 3 rings (SSSR count). The Morgan fingerprint density at radius 3 is 2.30 bits per heavy atom. The first-order valence-electron chi connectivity index (χ1n) is 13.0. The lowest BCUT2D eigenvalue weighted by atomic mass is 10.1. The van der Waals surface area contributed by atoms with E-state index in [1.165, 1.54) is 7.11 Å². The van der Waals surface area contributed by atoms with E-state index in [0.717, 1.165) is 11.3 Å². The molecule has 2 N–H and O–H groups in total. The van der Waals surface area contributed by atoms with E-state index in [0.29, 0.717) is 42.7 Å². The summed E-state index contributed by atoms with van der Waals surface area (Å²) in [6, 6.07) is 23.0. The molecule has 0 spiro atoms. The topological polar surface area (TPSA) is 122 Å². The molecule has 1 atom stereocenters. The fraction of sp³-hybridized carbons (Fsp3) is 0.300. The van der Waals surface area contributed by atoms with Crippen molar-refractivity contribution >= 4 is 35.0 Å². The molecule has 0 aliphatic heterocycles. The highest BCUT2D eigenvalue weighted by atomic mass is 16.6. The van der Waals surface area contributed by atoms with Crippen molar-refractivity contribution in [3.8, 4) is 0 Å². The SMILES string of the molecule is COC(=O)[C@H](CCCCNC(=O)c1cccc(N=Nc2ccc(N(C)C)cc2)c1)NC(=O)OCc1ccccc1. The Balaban J connectivity index is 1.42. The van der Waals surface area contributed by atoms with E-state index in [1.807, 2.05) is 73.6 Å². The predicted molar refractivity (Wildman–Crippen MR) is 153 cm³/mol. The van der Waals surface area contributed by atoms with Crippen molar-refractivity contribution in [2.75, 3.05) is 32.6 Å². The third-order valence-electron chi connectivity index (χ3n) is 5.95. The van der Waals surface area contributed by atoms with Gasteiger partial charge in [0.1, 0.15) is 12.6 Å². The van der Waals surface area contributed by atoms with Crippen molar-refractivity contribution in [2.45, 2.75) is 31.9 Å². The average Bonchev–Trinajstić information content (AvgIpc) is 2.98. The number of carbonyl (C=O) groups is 3. The summed E-state index contributed by atoms with van der Waals surface area (Å²) in [5.74, 6) is -0.792. The molecule has 0 bridgehead atoms. The Hall–Kier alpha value is -4.73. The van der Waals surface area contributed by atoms with E-state index in [9.17, 15) is 14.4 Å². The third-order valence-corrected chi connectivity index (χ3v) is 5.95. The standard InChI is InChI=1S/C30H35N5O5/c1-35(2)26-17-15-24(16-18-26)33-34-25-13-9-12-23(20-25)28(36)31-19-8-7-14-27(29(37)39-3)32-30(38)40-21-22-10-5-4-6-11-22/h4-6,9-13,15-18,20,27H,7-8,14,19,21H2,1-3H3,(H,31,36)(H,32,38)/t27-/m0/s1. The largest absolute Gasteiger partial charge is 0.467 e. The van der Waals surface area contributed by atoms with Gasteiger partial charge in [0, 0.05) is 31.9 Å². The van der Waals surface area contributed by atoms with Crippen LogP contribution in [0.15, 0.2) is 89.1 Å². The van der Waals surface area contributed by atoms with E-state index < -0.39 is 18.1 Å². The number of rotatable bonds is 13. The smallest absolute Gasteiger partial charge is 0.408 e. The van der Waals surface area contributed by atoms with Crippen LogP contribution >= 0.6 is 0 Å². The minimum atomic E-state index is -0.842. The van der Waals surface area contributed by atoms with Crippen molar-refractivity contribution < 1.29 is 23.9 Å². The molecule has 0 saturated carbocycles. The summed E-state index contributed by atoms with van der Waals surface area (Å²) >= 11 is 0. The predicted octanol–water partition coefficient (Wildman–Crippen LogP) is 5.54. The number of benzene rings is 3. The summed E-state index contributed by atoms with van der Waals surface area (Å²) in [5.41, 5.74) is 3.65. The molecule has 40 heavy (non-hydrogen) atoms. The highest BCUT2D eigenvalue weighted by molar-refractivity contribution is 5.94. The third kappa shape index (κ3) is 9.86. The first-order valence-corrected chi connectivity index (χ1v) is 13.0. The minimum absolute atomic E-state index is 0.0963. The number of alkyl carbamates (subject to hydrolysis) is 1. The van der Waals surface area contributed by atoms with E-state index >= 15 is 0 Å². The van der Waals surface area contributed by atoms with Crippen LogP contribution in [0.25, 0.3) is 0 Å². The van der Waals surface area contributed by atoms with Crippen LogP contribution in [0.5, 0.6) is 0 Å². The highest BCUT2D eigenvalue weighted by Gasteiger charge is 2.21. The molecule has 10 nitrogen and oxygen atoms in total. The van der Waals surface area contributed by atoms with Gasteiger partial charge < -0.3 is 25.0 Å². The summed E-state index contributed by atoms with van der Waals surface area (Å²) in [7, 11) is 5.20. The van der Waals surface area contributed by atoms with Gasteiger partial charge in [0.15, 0.2) is 0 Å². The number of hydrogen-bond acceptors (Lipinski definition) is 8. The number of hydrogen-bond donors (Lipinski definition) is 2. The van der Waals surface area contributed by atoms with Crippen LogP contribution in [0.2, 0.25) is 0 Å². The number of carbonyl (C=O) groups excluding carboxylic acids is 3. The molecular weight excluding hydrogens is 510 g/mol. The van der Waals surface area contributed by atoms with Crippen LogP contribution in [0.3, 0.4) is 0 Å². The number of unbranched alkanes of at least 4 members (excludes halogenated alkanes) is 1. The van der Waals surface area contributed by atoms with Crippen molar-refractivity contribution in [3.63, 3.8) is 0 Å². The fourth-order valence-corrected chi connectivity index (χ4v) is 3.72. The second-order valence-electron chi connectivity index (χ2n) is 9.19. The molecule has 0 aromatic heterocycles. The lowest BCUT2D eigenvalue weighted by Gasteiger charge is -2.16. The maximum atomic E-state index is 12.6. The molecule has 3 aromatic carbocycles. The number of ether oxygens (including phenoxy) is 2. The molecule has 0 heterocycles. The second kappa shape index (κ2) is 15.6. The van der Waals surface area contributed by atoms with Gasteiger partial charge in [-0.15, -0.1) is 0 Å². The molecule has 2 amide bonds. The Bertz CT molecular complexity index is 1280. The zero-order chi connectivity index (χ0) is 28.7. The molecule has 0 saturated heterocycles. The molecule has 0 fully saturated rings. The summed E-state index contributed by atoms with van der Waals surface area (Å²) in [4.78, 5) is 38.9. The Morgan fingerprint density at radius 1 is 0.875 bits per heavy atom. The quantitative estimate of drug-likeness (QED) is 0.165. The fourth-order valence-electron chi connectivity index (χ4n) is 3.72. The second-order valence-corrected chi connectivity index (χ2v) is 9.19. The Kier molecular flexibility index (Phi) is 11.6. The van der Waals surface area contributed by atoms with E-state index in [-0.39, 0.29) is 12.5 Å². The van der Waals surface area contributed by atoms with Gasteiger partial charge in [-0.05, 0) is 67.3 Å². The monoisotopic (exact) mass is 545 g/mol. The van der Waals surface area contributed by atoms with Crippen LogP contribution in [0.1, 0.15) is 35.2 Å². The van der Waals surface area contributed by atoms with Gasteiger partial charge in [0.2, 0.25) is 0 Å². The molecule has 0 unspecified atom stereocenters. The number of nitrogens with one attached hydrogen (secondary N) is 2. The number of anilines is 1. The zero-order valence-electron chi connectivity index (χ0n) is 23.0. The van der Waals surface area contributed by atoms with Crippen LogP contribution in [-0.4, -0.2) is 51.8 Å². The number of methoxy groups -OCH3 is 1. The van der Waals surface area contributed by atoms with Crippen molar-refractivity contribution in [1.29, 1.82) is 0 Å². The van der Waals surface area contributed by atoms with E-state index in [1.54, 1.807) is 24.3 Å². The first kappa shape index (κ1) is 29.8. The zero-order valence-corrected chi connectivity index (χ0v) is 23.0. The average molecular weight is 546 g/mol. The van der Waals surface area contributed by atoms with Crippen molar-refractivity contribution in [3.05, 3.63) is 90.0 Å². The molecule has 0 aliphatic rings. The van der Waals surface area contributed by atoms with Crippen LogP contribution in [0.4, 0.5) is 21.9 Å². The summed E-state index contributed by atoms with van der Waals surface area (Å²) in [6.45, 7) is 0.494. The van der Waals surface area contributed by atoms with Gasteiger partial charge in [-0.2, -0.15) is 10.2 Å². The van der Waals surface area contributed by atoms with Crippen molar-refractivity contribution in [1.82, 2.24) is 10.6 Å². The van der Waals surface area contributed by atoms with Gasteiger partial charge in [-0.1, -0.05) is 36.4 Å². The molecule has 10 heteroatoms. The van der Waals surface area contributed by atoms with Gasteiger partial charge in [-0.3, -0.25) is 4.79 Å². The lowest BCUT2D eigenvalue weighted by molar-refractivity contribution is -0.143. The van der Waals surface area contributed by atoms with Crippen LogP contribution < -0.4 is 15.5 Å². The summed E-state index contributed by atoms with van der Waals surface area (Å²) < 4.78 is 10.0. The molecule has 0 aliphatic carbocycles. The highest BCUT2D eigenvalue weighted by Crippen LogP contribution is 2.22. The number of esters is 1. The maximum Gasteiger partial charge on any atom is 0.408 e. The Morgan fingerprint density at radius 2 is 1.60 bits per heavy atom. The van der Waals surface area contributed by atoms with Crippen LogP contribution in [0, 0.1) is 0 Å². The molecular formula is C30H35N5O5. The number of nitrogens with zero attached hydrogens (tertiary/aromatic N) is 3. The van der Waals surface area contributed by atoms with Crippen LogP contribution in [-0.2, 0) is 20.9 Å². The number of amides is 2. The molecule has 3 aromatic rings. The molecule has 210 valence electrons. The van der Waals surface area contributed by atoms with Gasteiger partial charge in [-0.25, -0.2) is 9.59 Å². The minimum Gasteiger partial charge on any atom is -0.467 e. The van der Waals surface area contributed by atoms with Gasteiger partial charge in [0.05, 0.1) is 18.5 Å². The number of azo groups is 1. The maximum absolute atomic E-state index is 12.6. The first-order chi connectivity index (χ1) is 19.4. The normalized spacial score (nSPS) is 11.5. The van der Waals surface area contributed by atoms with Crippen molar-refractivity contribution in [2.24, 2.45) is 10.2 Å². The molecule has 0 radical (unpaired) electrons. The van der Waals surface area contributed by atoms with E-state index in [2.05, 4.69) is 20.9 Å². The van der Waals surface area contributed by atoms with Gasteiger partial charge >= 0.3 is 12.1 Å².